The van der Waals surface area contributed by atoms with E-state index in [1.165, 1.54) is 12.0 Å². The zero-order valence-corrected chi connectivity index (χ0v) is 18.5. The summed E-state index contributed by atoms with van der Waals surface area (Å²) in [6.07, 6.45) is 0.274. The van der Waals surface area contributed by atoms with Gasteiger partial charge in [-0.1, -0.05) is 24.8 Å². The van der Waals surface area contributed by atoms with Crippen molar-refractivity contribution < 1.29 is 33.3 Å². The summed E-state index contributed by atoms with van der Waals surface area (Å²) in [5, 5.41) is 0.600. The van der Waals surface area contributed by atoms with Gasteiger partial charge in [-0.3, -0.25) is 4.79 Å². The minimum atomic E-state index is -0.937. The quantitative estimate of drug-likeness (QED) is 0.312. The van der Waals surface area contributed by atoms with E-state index in [-0.39, 0.29) is 24.4 Å². The van der Waals surface area contributed by atoms with Crippen LogP contribution in [0.4, 0.5) is 4.79 Å². The molecule has 1 aromatic carbocycles. The molecular formula is C23H26N2O7. The maximum absolute atomic E-state index is 12.8. The van der Waals surface area contributed by atoms with Crippen molar-refractivity contribution in [1.29, 1.82) is 0 Å². The van der Waals surface area contributed by atoms with Crippen LogP contribution in [0, 0.1) is 0 Å². The number of Topliss-reactive ketones (excluding diaryl/α,β-unsaturated/α-hetero) is 1. The number of allylic oxidation sites excluding steroid dienone is 1. The average molecular weight is 442 g/mol. The fraction of sp³-hybridized carbons (Fsp3) is 0.435. The summed E-state index contributed by atoms with van der Waals surface area (Å²) in [6, 6.07) is 5.43. The molecule has 1 fully saturated rings. The summed E-state index contributed by atoms with van der Waals surface area (Å²) >= 11 is 0. The first-order valence-corrected chi connectivity index (χ1v) is 10.3. The summed E-state index contributed by atoms with van der Waals surface area (Å²) in [4.78, 5) is 39.0. The van der Waals surface area contributed by atoms with Crippen molar-refractivity contribution in [3.8, 4) is 0 Å². The normalized spacial score (nSPS) is 21.8. The number of fused-ring (bicyclic) bond motifs is 1. The molecule has 2 aromatic rings. The largest absolute Gasteiger partial charge is 0.463 e. The number of hydrogen-bond acceptors (Lipinski definition) is 7. The first kappa shape index (κ1) is 22.0. The van der Waals surface area contributed by atoms with Crippen molar-refractivity contribution >= 4 is 28.7 Å². The van der Waals surface area contributed by atoms with E-state index in [9.17, 15) is 14.4 Å². The van der Waals surface area contributed by atoms with Gasteiger partial charge in [0.25, 0.3) is 5.78 Å². The Morgan fingerprint density at radius 3 is 2.50 bits per heavy atom. The smallest absolute Gasteiger partial charge is 0.415 e. The molecule has 0 spiro atoms. The van der Waals surface area contributed by atoms with Gasteiger partial charge >= 0.3 is 12.1 Å². The first-order chi connectivity index (χ1) is 15.1. The maximum Gasteiger partial charge on any atom is 0.415 e. The van der Waals surface area contributed by atoms with Crippen LogP contribution in [0.5, 0.6) is 0 Å². The molecule has 3 heterocycles. The van der Waals surface area contributed by atoms with Gasteiger partial charge in [-0.25, -0.2) is 9.59 Å². The molecule has 0 N–H and O–H groups in total. The van der Waals surface area contributed by atoms with Crippen LogP contribution >= 0.6 is 0 Å². The number of ether oxygens (including phenoxy) is 4. The van der Waals surface area contributed by atoms with E-state index >= 15 is 0 Å². The fourth-order valence-electron chi connectivity index (χ4n) is 4.35. The molecular weight excluding hydrogens is 416 g/mol. The van der Waals surface area contributed by atoms with Crippen LogP contribution in [0.1, 0.15) is 36.7 Å². The first-order valence-electron chi connectivity index (χ1n) is 10.3. The predicted molar refractivity (Wildman–Crippen MR) is 114 cm³/mol. The number of amides is 1. The number of carbonyl (C=O) groups excluding carboxylic acids is 3. The number of ketones is 1. The van der Waals surface area contributed by atoms with Crippen LogP contribution in [0.2, 0.25) is 0 Å². The maximum atomic E-state index is 12.8. The highest BCUT2D eigenvalue weighted by Gasteiger charge is 2.44. The minimum Gasteiger partial charge on any atom is -0.463 e. The Bertz CT molecular complexity index is 1120. The molecule has 2 atom stereocenters. The lowest BCUT2D eigenvalue weighted by Gasteiger charge is -2.26. The van der Waals surface area contributed by atoms with Crippen LogP contribution in [-0.2, 0) is 36.8 Å². The molecule has 9 heteroatoms. The number of esters is 1. The lowest BCUT2D eigenvalue weighted by Crippen LogP contribution is -2.41. The van der Waals surface area contributed by atoms with Crippen molar-refractivity contribution in [1.82, 2.24) is 9.47 Å². The monoisotopic (exact) mass is 442 g/mol. The Hall–Kier alpha value is -3.17. The Kier molecular flexibility index (Phi) is 5.56. The topological polar surface area (TPSA) is 96.3 Å². The Morgan fingerprint density at radius 1 is 1.16 bits per heavy atom. The number of nitrogens with zero attached hydrogens (tertiary/aromatic N) is 2. The van der Waals surface area contributed by atoms with Crippen LogP contribution in [-0.4, -0.2) is 59.0 Å². The van der Waals surface area contributed by atoms with E-state index in [1.54, 1.807) is 25.3 Å². The number of methoxy groups -OCH3 is 1. The van der Waals surface area contributed by atoms with Crippen molar-refractivity contribution in [2.75, 3.05) is 13.7 Å². The number of para-hydroxylation sites is 1. The van der Waals surface area contributed by atoms with Crippen molar-refractivity contribution in [2.24, 2.45) is 0 Å². The SMILES string of the molecule is C=C(C)OC(=O)N1Cc2cccc3c(C(=O)C(=O)OC)cn(c23)CC2OC(C)(C)OC2C1. The molecule has 4 rings (SSSR count). The third-order valence-electron chi connectivity index (χ3n) is 5.54. The summed E-state index contributed by atoms with van der Waals surface area (Å²) in [5.74, 6) is -2.23. The van der Waals surface area contributed by atoms with E-state index < -0.39 is 35.8 Å². The second-order valence-electron chi connectivity index (χ2n) is 8.49. The zero-order chi connectivity index (χ0) is 23.2. The Balaban J connectivity index is 1.85. The van der Waals surface area contributed by atoms with Gasteiger partial charge in [0, 0.05) is 11.6 Å². The lowest BCUT2D eigenvalue weighted by atomic mass is 10.1. The molecule has 0 bridgehead atoms. The van der Waals surface area contributed by atoms with Crippen molar-refractivity contribution in [3.05, 3.63) is 47.9 Å². The minimum absolute atomic E-state index is 0.215. The summed E-state index contributed by atoms with van der Waals surface area (Å²) in [5.41, 5.74) is 1.77. The van der Waals surface area contributed by atoms with Gasteiger partial charge in [0.1, 0.15) is 12.2 Å². The average Bonchev–Trinajstić information content (AvgIpc) is 3.23. The van der Waals surface area contributed by atoms with Crippen molar-refractivity contribution in [3.63, 3.8) is 0 Å². The number of rotatable bonds is 3. The lowest BCUT2D eigenvalue weighted by molar-refractivity contribution is -0.148. The third kappa shape index (κ3) is 4.01. The second kappa shape index (κ2) is 8.07. The van der Waals surface area contributed by atoms with Crippen LogP contribution in [0.25, 0.3) is 10.9 Å². The molecule has 2 aliphatic rings. The molecule has 0 radical (unpaired) electrons. The van der Waals surface area contributed by atoms with Gasteiger partial charge in [0.05, 0.1) is 43.6 Å². The molecule has 0 aliphatic carbocycles. The zero-order valence-electron chi connectivity index (χ0n) is 18.5. The third-order valence-corrected chi connectivity index (χ3v) is 5.54. The van der Waals surface area contributed by atoms with E-state index in [2.05, 4.69) is 11.3 Å². The summed E-state index contributed by atoms with van der Waals surface area (Å²) < 4.78 is 24.0. The number of benzene rings is 1. The van der Waals surface area contributed by atoms with Gasteiger partial charge < -0.3 is 28.4 Å². The molecule has 0 saturated carbocycles. The van der Waals surface area contributed by atoms with Crippen LogP contribution in [0.15, 0.2) is 36.7 Å². The molecule has 32 heavy (non-hydrogen) atoms. The molecule has 1 saturated heterocycles. The van der Waals surface area contributed by atoms with Gasteiger partial charge in [-0.15, -0.1) is 0 Å². The molecule has 2 aliphatic heterocycles. The van der Waals surface area contributed by atoms with E-state index in [0.29, 0.717) is 11.9 Å². The van der Waals surface area contributed by atoms with Gasteiger partial charge in [-0.2, -0.15) is 0 Å². The fourth-order valence-corrected chi connectivity index (χ4v) is 4.35. The number of hydrogen-bond donors (Lipinski definition) is 0. The Morgan fingerprint density at radius 2 is 1.84 bits per heavy atom. The molecule has 2 unspecified atom stereocenters. The standard InChI is InChI=1S/C23H26N2O7/c1-13(2)30-22(28)25-9-14-7-6-8-15-16(20(26)21(27)29-5)10-24(19(14)15)11-17-18(12-25)32-23(3,4)31-17/h6-8,10,17-18H,1,9,11-12H2,2-5H3. The second-order valence-corrected chi connectivity index (χ2v) is 8.49. The highest BCUT2D eigenvalue weighted by atomic mass is 16.8. The molecule has 1 amide bonds. The van der Waals surface area contributed by atoms with Gasteiger partial charge in [-0.05, 0) is 26.3 Å². The number of aromatic nitrogens is 1. The molecule has 1 aromatic heterocycles. The van der Waals surface area contributed by atoms with E-state index in [1.807, 2.05) is 24.5 Å². The summed E-state index contributed by atoms with van der Waals surface area (Å²) in [6.45, 7) is 9.73. The van der Waals surface area contributed by atoms with Gasteiger partial charge in [0.15, 0.2) is 5.79 Å². The molecule has 170 valence electrons. The van der Waals surface area contributed by atoms with E-state index in [0.717, 1.165) is 11.1 Å². The summed E-state index contributed by atoms with van der Waals surface area (Å²) in [7, 11) is 1.17. The van der Waals surface area contributed by atoms with Crippen LogP contribution < -0.4 is 0 Å². The highest BCUT2D eigenvalue weighted by Crippen LogP contribution is 2.34. The number of carbonyl (C=O) groups is 3. The van der Waals surface area contributed by atoms with Crippen molar-refractivity contribution in [2.45, 2.75) is 51.9 Å². The van der Waals surface area contributed by atoms with E-state index in [4.69, 9.17) is 14.2 Å². The van der Waals surface area contributed by atoms with Gasteiger partial charge in [0.2, 0.25) is 0 Å². The highest BCUT2D eigenvalue weighted by molar-refractivity contribution is 6.43. The van der Waals surface area contributed by atoms with Crippen LogP contribution in [0.3, 0.4) is 0 Å². The Labute approximate surface area is 185 Å². The molecule has 9 nitrogen and oxygen atoms in total. The predicted octanol–water partition coefficient (Wildman–Crippen LogP) is 3.00.